The first-order valence-corrected chi connectivity index (χ1v) is 5.47. The van der Waals surface area contributed by atoms with Gasteiger partial charge in [-0.05, 0) is 29.9 Å². The van der Waals surface area contributed by atoms with Crippen LogP contribution in [0.5, 0.6) is 0 Å². The first kappa shape index (κ1) is 9.11. The van der Waals surface area contributed by atoms with E-state index in [1.165, 1.54) is 12.8 Å². The summed E-state index contributed by atoms with van der Waals surface area (Å²) in [4.78, 5) is 0. The van der Waals surface area contributed by atoms with Gasteiger partial charge in [0.15, 0.2) is 6.16 Å². The minimum atomic E-state index is -1.41. The van der Waals surface area contributed by atoms with Crippen LogP contribution in [0.4, 0.5) is 0 Å². The van der Waals surface area contributed by atoms with Crippen LogP contribution in [-0.2, 0) is 9.09 Å². The van der Waals surface area contributed by atoms with E-state index >= 15 is 0 Å². The van der Waals surface area contributed by atoms with Crippen molar-refractivity contribution in [3.05, 3.63) is 0 Å². The highest BCUT2D eigenvalue weighted by molar-refractivity contribution is 7.39. The number of hydrogen-bond acceptors (Lipinski definition) is 3. The Balaban J connectivity index is 1.91. The van der Waals surface area contributed by atoms with E-state index in [0.717, 1.165) is 6.42 Å². The Morgan fingerprint density at radius 2 is 2.27 bits per heavy atom. The van der Waals surface area contributed by atoms with Gasteiger partial charge in [0.2, 0.25) is 0 Å². The molecule has 1 rings (SSSR count). The van der Waals surface area contributed by atoms with Crippen molar-refractivity contribution < 1.29 is 9.09 Å². The second kappa shape index (κ2) is 4.81. The van der Waals surface area contributed by atoms with E-state index in [4.69, 9.17) is 10.3 Å². The van der Waals surface area contributed by atoms with Gasteiger partial charge in [0.05, 0.1) is 0 Å². The summed E-state index contributed by atoms with van der Waals surface area (Å²) in [7, 11) is -1.41. The summed E-state index contributed by atoms with van der Waals surface area (Å²) < 4.78 is 16.1. The van der Waals surface area contributed by atoms with Crippen molar-refractivity contribution in [3.8, 4) is 0 Å². The van der Waals surface area contributed by atoms with Gasteiger partial charge >= 0.3 is 8.03 Å². The smallest absolute Gasteiger partial charge is 0.330 e. The second-order valence-corrected chi connectivity index (χ2v) is 4.31. The third kappa shape index (κ3) is 4.46. The molecule has 1 saturated carbocycles. The molecule has 4 heteroatoms. The summed E-state index contributed by atoms with van der Waals surface area (Å²) >= 11 is 0. The summed E-state index contributed by atoms with van der Waals surface area (Å²) in [5, 5.41) is 0. The fraction of sp³-hybridized carbons (Fsp3) is 1.00. The lowest BCUT2D eigenvalue weighted by molar-refractivity contribution is 0.311. The molecule has 0 aliphatic heterocycles. The van der Waals surface area contributed by atoms with Crippen LogP contribution in [0, 0.1) is 5.92 Å². The van der Waals surface area contributed by atoms with E-state index in [1.54, 1.807) is 0 Å². The van der Waals surface area contributed by atoms with Crippen LogP contribution in [0.3, 0.4) is 0 Å². The van der Waals surface area contributed by atoms with Gasteiger partial charge < -0.3 is 5.73 Å². The van der Waals surface area contributed by atoms with E-state index in [1.807, 2.05) is 0 Å². The topological polar surface area (TPSA) is 52.3 Å². The molecule has 2 N–H and O–H groups in total. The van der Waals surface area contributed by atoms with E-state index in [-0.39, 0.29) is 0 Å². The van der Waals surface area contributed by atoms with Crippen LogP contribution < -0.4 is 5.73 Å². The van der Waals surface area contributed by atoms with Gasteiger partial charge in [-0.3, -0.25) is 0 Å². The molecule has 1 aliphatic carbocycles. The molecule has 0 saturated heterocycles. The zero-order valence-electron chi connectivity index (χ0n) is 6.66. The largest absolute Gasteiger partial charge is 0.508 e. The third-order valence-corrected chi connectivity index (χ3v) is 2.81. The summed E-state index contributed by atoms with van der Waals surface area (Å²) in [5.74, 6) is 0.701. The molecular formula is C7H15NO2P+. The fourth-order valence-electron chi connectivity index (χ4n) is 0.758. The lowest BCUT2D eigenvalue weighted by atomic mass is 10.5. The molecule has 0 spiro atoms. The van der Waals surface area contributed by atoms with Crippen LogP contribution in [0.25, 0.3) is 0 Å². The molecule has 64 valence electrons. The number of nitrogens with two attached hydrogens (primary N) is 1. The maximum absolute atomic E-state index is 11.0. The molecule has 0 heterocycles. The van der Waals surface area contributed by atoms with E-state index in [0.29, 0.717) is 25.2 Å². The minimum Gasteiger partial charge on any atom is -0.330 e. The highest BCUT2D eigenvalue weighted by atomic mass is 31.1. The van der Waals surface area contributed by atoms with Crippen LogP contribution in [0.15, 0.2) is 0 Å². The van der Waals surface area contributed by atoms with Gasteiger partial charge in [0, 0.05) is 6.42 Å². The molecule has 1 fully saturated rings. The van der Waals surface area contributed by atoms with Crippen molar-refractivity contribution in [2.24, 2.45) is 11.7 Å². The average molecular weight is 176 g/mol. The Kier molecular flexibility index (Phi) is 3.98. The van der Waals surface area contributed by atoms with Crippen LogP contribution in [0.2, 0.25) is 0 Å². The van der Waals surface area contributed by atoms with Crippen LogP contribution >= 0.6 is 8.03 Å². The van der Waals surface area contributed by atoms with Crippen molar-refractivity contribution >= 4 is 8.03 Å². The maximum atomic E-state index is 11.0. The van der Waals surface area contributed by atoms with Gasteiger partial charge in [-0.15, -0.1) is 4.52 Å². The number of rotatable bonds is 6. The molecular weight excluding hydrogens is 161 g/mol. The lowest BCUT2D eigenvalue weighted by Gasteiger charge is -1.87. The average Bonchev–Trinajstić information content (AvgIpc) is 2.80. The zero-order chi connectivity index (χ0) is 8.10. The molecule has 1 aliphatic rings. The second-order valence-electron chi connectivity index (χ2n) is 2.94. The molecule has 1 atom stereocenters. The van der Waals surface area contributed by atoms with E-state index in [9.17, 15) is 4.57 Å². The zero-order valence-corrected chi connectivity index (χ0v) is 7.56. The van der Waals surface area contributed by atoms with Crippen molar-refractivity contribution in [2.75, 3.05) is 19.3 Å². The van der Waals surface area contributed by atoms with Crippen molar-refractivity contribution in [1.82, 2.24) is 0 Å². The molecule has 3 nitrogen and oxygen atoms in total. The van der Waals surface area contributed by atoms with Crippen molar-refractivity contribution in [3.63, 3.8) is 0 Å². The highest BCUT2D eigenvalue weighted by Crippen LogP contribution is 2.33. The predicted molar refractivity (Wildman–Crippen MR) is 44.8 cm³/mol. The summed E-state index contributed by atoms with van der Waals surface area (Å²) in [6.45, 7) is 1.30. The SMILES string of the molecule is NCCC[P+](=O)OCC1CC1. The predicted octanol–water partition coefficient (Wildman–Crippen LogP) is 1.50. The maximum Gasteiger partial charge on any atom is 0.508 e. The third-order valence-electron chi connectivity index (χ3n) is 1.70. The first-order valence-electron chi connectivity index (χ1n) is 4.10. The van der Waals surface area contributed by atoms with Crippen molar-refractivity contribution in [2.45, 2.75) is 19.3 Å². The summed E-state index contributed by atoms with van der Waals surface area (Å²) in [6, 6.07) is 0. The molecule has 0 aromatic rings. The van der Waals surface area contributed by atoms with Gasteiger partial charge in [-0.1, -0.05) is 0 Å². The quantitative estimate of drug-likeness (QED) is 0.624. The Morgan fingerprint density at radius 3 is 2.82 bits per heavy atom. The van der Waals surface area contributed by atoms with Gasteiger partial charge in [-0.2, -0.15) is 0 Å². The van der Waals surface area contributed by atoms with Gasteiger partial charge in [0.25, 0.3) is 0 Å². The van der Waals surface area contributed by atoms with E-state index < -0.39 is 8.03 Å². The molecule has 11 heavy (non-hydrogen) atoms. The molecule has 0 radical (unpaired) electrons. The Labute approximate surface area is 68.2 Å². The Morgan fingerprint density at radius 1 is 1.55 bits per heavy atom. The number of hydrogen-bond donors (Lipinski definition) is 1. The Bertz CT molecular complexity index is 136. The molecule has 1 unspecified atom stereocenters. The highest BCUT2D eigenvalue weighted by Gasteiger charge is 2.26. The Hall–Kier alpha value is 0.0200. The van der Waals surface area contributed by atoms with E-state index in [2.05, 4.69) is 0 Å². The van der Waals surface area contributed by atoms with Gasteiger partial charge in [-0.25, -0.2) is 0 Å². The summed E-state index contributed by atoms with van der Waals surface area (Å²) in [6.07, 6.45) is 3.93. The molecule has 0 aromatic carbocycles. The monoisotopic (exact) mass is 176 g/mol. The summed E-state index contributed by atoms with van der Waals surface area (Å²) in [5.41, 5.74) is 5.26. The minimum absolute atomic E-state index is 0.605. The molecule has 0 bridgehead atoms. The lowest BCUT2D eigenvalue weighted by Crippen LogP contribution is -2.00. The normalized spacial score (nSPS) is 18.5. The fourth-order valence-corrected chi connectivity index (χ4v) is 1.70. The standard InChI is InChI=1S/C7H15NO2P/c8-4-1-5-11(9)10-6-7-2-3-7/h7H,1-6,8H2/q+1. The van der Waals surface area contributed by atoms with Crippen LogP contribution in [-0.4, -0.2) is 19.3 Å². The van der Waals surface area contributed by atoms with Crippen LogP contribution in [0.1, 0.15) is 19.3 Å². The van der Waals surface area contributed by atoms with Gasteiger partial charge in [0.1, 0.15) is 6.61 Å². The molecule has 0 aromatic heterocycles. The molecule has 0 amide bonds. The van der Waals surface area contributed by atoms with Crippen molar-refractivity contribution in [1.29, 1.82) is 0 Å². The first-order chi connectivity index (χ1) is 5.33.